The molecule has 1 unspecified atom stereocenters. The van der Waals surface area contributed by atoms with Crippen LogP contribution in [0.1, 0.15) is 355 Å². The predicted octanol–water partition coefficient (Wildman–Crippen LogP) is 22.0. The minimum atomic E-state index is -0.778. The van der Waals surface area contributed by atoms with Gasteiger partial charge in [-0.3, -0.25) is 14.4 Å². The van der Waals surface area contributed by atoms with Crippen LogP contribution in [0.15, 0.2) is 36.5 Å². The SMILES string of the molecule is CCCCC/C=C\C/C=C\CCCCCCCCCC(=O)OC(COC(=O)CCCCCCC/C=C\CCCCCC)COC(=O)CCCCCCCCCCCCCCCCCCCCCCCCCCC. The summed E-state index contributed by atoms with van der Waals surface area (Å²) in [5, 5.41) is 0. The minimum absolute atomic E-state index is 0.0740. The van der Waals surface area contributed by atoms with Crippen molar-refractivity contribution in [3.05, 3.63) is 36.5 Å². The van der Waals surface area contributed by atoms with Crippen molar-refractivity contribution in [3.8, 4) is 0 Å². The van der Waals surface area contributed by atoms with Crippen LogP contribution in [0.4, 0.5) is 0 Å². The molecule has 0 N–H and O–H groups in total. The van der Waals surface area contributed by atoms with Gasteiger partial charge in [-0.15, -0.1) is 0 Å². The zero-order valence-corrected chi connectivity index (χ0v) is 49.2. The van der Waals surface area contributed by atoms with Crippen molar-refractivity contribution >= 4 is 17.9 Å². The van der Waals surface area contributed by atoms with Crippen molar-refractivity contribution in [2.45, 2.75) is 361 Å². The topological polar surface area (TPSA) is 78.9 Å². The Morgan fingerprint density at radius 3 is 0.808 bits per heavy atom. The van der Waals surface area contributed by atoms with Crippen molar-refractivity contribution in [2.24, 2.45) is 0 Å². The molecule has 6 nitrogen and oxygen atoms in total. The summed E-state index contributed by atoms with van der Waals surface area (Å²) in [6.07, 6.45) is 75.9. The molecule has 0 fully saturated rings. The zero-order valence-electron chi connectivity index (χ0n) is 49.2. The maximum atomic E-state index is 12.9. The van der Waals surface area contributed by atoms with Crippen molar-refractivity contribution in [3.63, 3.8) is 0 Å². The summed E-state index contributed by atoms with van der Waals surface area (Å²) in [6.45, 7) is 6.64. The summed E-state index contributed by atoms with van der Waals surface area (Å²) in [5.41, 5.74) is 0. The summed E-state index contributed by atoms with van der Waals surface area (Å²) in [6, 6.07) is 0. The lowest BCUT2D eigenvalue weighted by atomic mass is 10.0. The summed E-state index contributed by atoms with van der Waals surface area (Å²) < 4.78 is 16.9. The van der Waals surface area contributed by atoms with Crippen molar-refractivity contribution in [2.75, 3.05) is 13.2 Å². The van der Waals surface area contributed by atoms with Crippen molar-refractivity contribution in [1.82, 2.24) is 0 Å². The van der Waals surface area contributed by atoms with Crippen LogP contribution in [0.2, 0.25) is 0 Å². The second kappa shape index (κ2) is 62.2. The van der Waals surface area contributed by atoms with Gasteiger partial charge >= 0.3 is 17.9 Å². The lowest BCUT2D eigenvalue weighted by Gasteiger charge is -2.18. The van der Waals surface area contributed by atoms with E-state index in [-0.39, 0.29) is 31.1 Å². The van der Waals surface area contributed by atoms with Gasteiger partial charge in [0.05, 0.1) is 0 Å². The quantitative estimate of drug-likeness (QED) is 0.0261. The first-order valence-electron chi connectivity index (χ1n) is 32.5. The van der Waals surface area contributed by atoms with E-state index in [2.05, 4.69) is 57.2 Å². The number of ether oxygens (including phenoxy) is 3. The number of unbranched alkanes of at least 4 members (excludes halogenated alkanes) is 43. The second-order valence-electron chi connectivity index (χ2n) is 22.0. The molecule has 0 radical (unpaired) electrons. The van der Waals surface area contributed by atoms with Gasteiger partial charge in [0.2, 0.25) is 0 Å². The molecule has 0 rings (SSSR count). The Hall–Kier alpha value is -2.37. The van der Waals surface area contributed by atoms with Crippen LogP contribution in [0.5, 0.6) is 0 Å². The van der Waals surface area contributed by atoms with Gasteiger partial charge in [-0.2, -0.15) is 0 Å². The highest BCUT2D eigenvalue weighted by Gasteiger charge is 2.19. The minimum Gasteiger partial charge on any atom is -0.462 e. The summed E-state index contributed by atoms with van der Waals surface area (Å²) >= 11 is 0. The monoisotopic (exact) mass is 1020 g/mol. The fraction of sp³-hybridized carbons (Fsp3) is 0.866. The molecular formula is C67H124O6. The molecule has 73 heavy (non-hydrogen) atoms. The molecule has 0 aromatic heterocycles. The normalized spacial score (nSPS) is 12.2. The first-order valence-corrected chi connectivity index (χ1v) is 32.5. The smallest absolute Gasteiger partial charge is 0.306 e. The van der Waals surface area contributed by atoms with E-state index in [9.17, 15) is 14.4 Å². The standard InChI is InChI=1S/C67H124O6/c1-4-7-10-13-16-19-22-25-27-29-30-31-32-33-34-35-36-38-39-42-45-48-51-54-57-60-66(69)72-63-64(62-71-65(68)59-56-53-50-47-44-41-24-21-18-15-12-9-6-3)73-67(70)61-58-55-52-49-46-43-40-37-28-26-23-20-17-14-11-8-5-2/h17,20-21,24,26,28,64H,4-16,18-19,22-23,25,27,29-63H2,1-3H3/b20-17-,24-21-,28-26-. The van der Waals surface area contributed by atoms with Gasteiger partial charge in [0, 0.05) is 19.3 Å². The van der Waals surface area contributed by atoms with Crippen LogP contribution >= 0.6 is 0 Å². The van der Waals surface area contributed by atoms with E-state index < -0.39 is 6.10 Å². The molecule has 1 atom stereocenters. The molecule has 0 aliphatic carbocycles. The van der Waals surface area contributed by atoms with Gasteiger partial charge < -0.3 is 14.2 Å². The van der Waals surface area contributed by atoms with Gasteiger partial charge in [0.25, 0.3) is 0 Å². The molecule has 0 saturated heterocycles. The van der Waals surface area contributed by atoms with Gasteiger partial charge in [-0.25, -0.2) is 0 Å². The van der Waals surface area contributed by atoms with Crippen molar-refractivity contribution in [1.29, 1.82) is 0 Å². The number of carbonyl (C=O) groups excluding carboxylic acids is 3. The number of allylic oxidation sites excluding steroid dienone is 6. The Kier molecular flexibility index (Phi) is 60.2. The third-order valence-electron chi connectivity index (χ3n) is 14.6. The number of esters is 3. The first-order chi connectivity index (χ1) is 36.0. The number of hydrogen-bond acceptors (Lipinski definition) is 6. The highest BCUT2D eigenvalue weighted by atomic mass is 16.6. The number of carbonyl (C=O) groups is 3. The molecule has 0 heterocycles. The summed E-state index contributed by atoms with van der Waals surface area (Å²) in [4.78, 5) is 38.3. The second-order valence-corrected chi connectivity index (χ2v) is 22.0. The number of rotatable bonds is 60. The fourth-order valence-corrected chi connectivity index (χ4v) is 9.71. The Balaban J connectivity index is 4.24. The first kappa shape index (κ1) is 70.6. The Labute approximate surface area is 455 Å². The number of hydrogen-bond donors (Lipinski definition) is 0. The van der Waals surface area contributed by atoms with Crippen LogP contribution in [0, 0.1) is 0 Å². The van der Waals surface area contributed by atoms with E-state index in [1.807, 2.05) is 0 Å². The third-order valence-corrected chi connectivity index (χ3v) is 14.6. The van der Waals surface area contributed by atoms with E-state index in [0.29, 0.717) is 19.3 Å². The van der Waals surface area contributed by atoms with Crippen LogP contribution in [0.3, 0.4) is 0 Å². The van der Waals surface area contributed by atoms with Crippen LogP contribution in [0.25, 0.3) is 0 Å². The van der Waals surface area contributed by atoms with Crippen LogP contribution in [-0.4, -0.2) is 37.2 Å². The van der Waals surface area contributed by atoms with Crippen LogP contribution in [-0.2, 0) is 28.6 Å². The largest absolute Gasteiger partial charge is 0.462 e. The van der Waals surface area contributed by atoms with Gasteiger partial charge in [-0.1, -0.05) is 295 Å². The molecule has 0 spiro atoms. The highest BCUT2D eigenvalue weighted by Crippen LogP contribution is 2.18. The fourth-order valence-electron chi connectivity index (χ4n) is 9.71. The van der Waals surface area contributed by atoms with Crippen molar-refractivity contribution < 1.29 is 28.6 Å². The van der Waals surface area contributed by atoms with Gasteiger partial charge in [-0.05, 0) is 77.0 Å². The molecule has 0 bridgehead atoms. The van der Waals surface area contributed by atoms with E-state index in [0.717, 1.165) is 77.0 Å². The maximum absolute atomic E-state index is 12.9. The molecular weight excluding hydrogens is 901 g/mol. The summed E-state index contributed by atoms with van der Waals surface area (Å²) in [5.74, 6) is -0.869. The lowest BCUT2D eigenvalue weighted by Crippen LogP contribution is -2.30. The third kappa shape index (κ3) is 60.4. The van der Waals surface area contributed by atoms with Gasteiger partial charge in [0.15, 0.2) is 6.10 Å². The summed E-state index contributed by atoms with van der Waals surface area (Å²) in [7, 11) is 0. The Morgan fingerprint density at radius 2 is 0.493 bits per heavy atom. The lowest BCUT2D eigenvalue weighted by molar-refractivity contribution is -0.167. The average molecular weight is 1030 g/mol. The average Bonchev–Trinajstić information content (AvgIpc) is 3.39. The molecule has 0 aliphatic rings. The Bertz CT molecular complexity index is 1220. The van der Waals surface area contributed by atoms with Crippen LogP contribution < -0.4 is 0 Å². The van der Waals surface area contributed by atoms with E-state index >= 15 is 0 Å². The molecule has 0 amide bonds. The van der Waals surface area contributed by atoms with E-state index in [1.54, 1.807) is 0 Å². The molecule has 0 aliphatic heterocycles. The zero-order chi connectivity index (χ0) is 52.9. The van der Waals surface area contributed by atoms with E-state index in [1.165, 1.54) is 238 Å². The van der Waals surface area contributed by atoms with E-state index in [4.69, 9.17) is 14.2 Å². The molecule has 0 saturated carbocycles. The molecule has 0 aromatic rings. The van der Waals surface area contributed by atoms with Gasteiger partial charge in [0.1, 0.15) is 13.2 Å². The Morgan fingerprint density at radius 1 is 0.274 bits per heavy atom. The molecule has 0 aromatic carbocycles. The molecule has 428 valence electrons. The highest BCUT2D eigenvalue weighted by molar-refractivity contribution is 5.71. The predicted molar refractivity (Wildman–Crippen MR) is 316 cm³/mol. The maximum Gasteiger partial charge on any atom is 0.306 e. The molecule has 6 heteroatoms.